The van der Waals surface area contributed by atoms with E-state index >= 15 is 0 Å². The maximum Gasteiger partial charge on any atom is 0.411 e. The minimum Gasteiger partial charge on any atom is -0.374 e. The van der Waals surface area contributed by atoms with Crippen molar-refractivity contribution < 1.29 is 22.7 Å². The Labute approximate surface area is 104 Å². The molecule has 2 fully saturated rings. The fraction of sp³-hybridized carbons (Fsp3) is 0.917. The van der Waals surface area contributed by atoms with Gasteiger partial charge in [0.2, 0.25) is 5.91 Å². The van der Waals surface area contributed by atoms with Gasteiger partial charge in [0.15, 0.2) is 0 Å². The molecule has 0 aromatic heterocycles. The van der Waals surface area contributed by atoms with E-state index in [1.165, 1.54) is 6.92 Å². The predicted octanol–water partition coefficient (Wildman–Crippen LogP) is 2.40. The Balaban J connectivity index is 2.02. The summed E-state index contributed by atoms with van der Waals surface area (Å²) >= 11 is 0. The van der Waals surface area contributed by atoms with Crippen LogP contribution >= 0.6 is 0 Å². The number of nitrogens with one attached hydrogen (secondary N) is 1. The Morgan fingerprint density at radius 1 is 1.39 bits per heavy atom. The van der Waals surface area contributed by atoms with Crippen LogP contribution in [0.3, 0.4) is 0 Å². The summed E-state index contributed by atoms with van der Waals surface area (Å²) in [6, 6.07) is 0. The van der Waals surface area contributed by atoms with E-state index in [-0.39, 0.29) is 18.6 Å². The van der Waals surface area contributed by atoms with Gasteiger partial charge in [-0.2, -0.15) is 13.2 Å². The van der Waals surface area contributed by atoms with Crippen molar-refractivity contribution in [2.45, 2.75) is 63.5 Å². The van der Waals surface area contributed by atoms with Gasteiger partial charge in [-0.15, -0.1) is 0 Å². The number of hydrogen-bond donors (Lipinski definition) is 1. The summed E-state index contributed by atoms with van der Waals surface area (Å²) in [4.78, 5) is 12.0. The van der Waals surface area contributed by atoms with Crippen molar-refractivity contribution in [2.75, 3.05) is 0 Å². The standard InChI is InChI=1S/C12H18F3NO2/c1-3-11(2,12(13,14)15)16-10(17)8-6-7-4-5-9(8)18-7/h7-9H,3-6H2,1-2H3,(H,16,17). The quantitative estimate of drug-likeness (QED) is 0.851. The fourth-order valence-corrected chi connectivity index (χ4v) is 2.64. The molecule has 4 unspecified atom stereocenters. The first-order valence-corrected chi connectivity index (χ1v) is 6.31. The van der Waals surface area contributed by atoms with Gasteiger partial charge in [-0.25, -0.2) is 0 Å². The van der Waals surface area contributed by atoms with Crippen LogP contribution in [-0.2, 0) is 9.53 Å². The number of fused-ring (bicyclic) bond motifs is 2. The first-order chi connectivity index (χ1) is 8.27. The lowest BCUT2D eigenvalue weighted by Gasteiger charge is -2.33. The molecule has 104 valence electrons. The summed E-state index contributed by atoms with van der Waals surface area (Å²) in [5.74, 6) is -0.944. The van der Waals surface area contributed by atoms with Crippen molar-refractivity contribution in [1.82, 2.24) is 5.32 Å². The molecule has 2 rings (SSSR count). The lowest BCUT2D eigenvalue weighted by molar-refractivity contribution is -0.195. The largest absolute Gasteiger partial charge is 0.411 e. The van der Waals surface area contributed by atoms with Gasteiger partial charge in [0.1, 0.15) is 5.54 Å². The Bertz CT molecular complexity index is 345. The summed E-state index contributed by atoms with van der Waals surface area (Å²) < 4.78 is 44.2. The Morgan fingerprint density at radius 3 is 2.44 bits per heavy atom. The molecule has 6 heteroatoms. The maximum atomic E-state index is 12.9. The zero-order chi connectivity index (χ0) is 13.6. The molecule has 2 aliphatic heterocycles. The van der Waals surface area contributed by atoms with Gasteiger partial charge < -0.3 is 10.1 Å². The number of alkyl halides is 3. The van der Waals surface area contributed by atoms with Gasteiger partial charge in [-0.1, -0.05) is 6.92 Å². The van der Waals surface area contributed by atoms with Gasteiger partial charge in [-0.05, 0) is 32.6 Å². The maximum absolute atomic E-state index is 12.9. The highest BCUT2D eigenvalue weighted by Crippen LogP contribution is 2.40. The first-order valence-electron chi connectivity index (χ1n) is 6.31. The molecule has 0 aromatic carbocycles. The Morgan fingerprint density at radius 2 is 2.06 bits per heavy atom. The summed E-state index contributed by atoms with van der Waals surface area (Å²) in [7, 11) is 0. The van der Waals surface area contributed by atoms with Crippen LogP contribution in [0.4, 0.5) is 13.2 Å². The van der Waals surface area contributed by atoms with Crippen LogP contribution in [0.1, 0.15) is 39.5 Å². The van der Waals surface area contributed by atoms with Crippen molar-refractivity contribution >= 4 is 5.91 Å². The zero-order valence-corrected chi connectivity index (χ0v) is 10.5. The molecule has 1 amide bonds. The first kappa shape index (κ1) is 13.6. The third kappa shape index (κ3) is 2.22. The molecule has 0 aliphatic carbocycles. The van der Waals surface area contributed by atoms with E-state index in [2.05, 4.69) is 5.32 Å². The Kier molecular flexibility index (Phi) is 3.34. The van der Waals surface area contributed by atoms with Gasteiger partial charge in [0.05, 0.1) is 18.1 Å². The van der Waals surface area contributed by atoms with Crippen molar-refractivity contribution in [3.8, 4) is 0 Å². The highest BCUT2D eigenvalue weighted by Gasteiger charge is 2.53. The molecule has 2 heterocycles. The van der Waals surface area contributed by atoms with Gasteiger partial charge in [0, 0.05) is 0 Å². The van der Waals surface area contributed by atoms with E-state index in [9.17, 15) is 18.0 Å². The summed E-state index contributed by atoms with van der Waals surface area (Å²) in [5.41, 5.74) is -2.15. The second-order valence-corrected chi connectivity index (χ2v) is 5.39. The number of amides is 1. The second kappa shape index (κ2) is 4.40. The molecule has 18 heavy (non-hydrogen) atoms. The van der Waals surface area contributed by atoms with Crippen LogP contribution in [0.5, 0.6) is 0 Å². The summed E-state index contributed by atoms with van der Waals surface area (Å²) in [5, 5.41) is 2.17. The van der Waals surface area contributed by atoms with Crippen LogP contribution in [0.25, 0.3) is 0 Å². The van der Waals surface area contributed by atoms with Gasteiger partial charge >= 0.3 is 6.18 Å². The Hall–Kier alpha value is -0.780. The molecule has 0 aromatic rings. The average Bonchev–Trinajstić information content (AvgIpc) is 2.88. The molecule has 2 bridgehead atoms. The number of hydrogen-bond acceptors (Lipinski definition) is 2. The third-order valence-corrected chi connectivity index (χ3v) is 4.17. The van der Waals surface area contributed by atoms with Crippen molar-refractivity contribution in [2.24, 2.45) is 5.92 Å². The lowest BCUT2D eigenvalue weighted by atomic mass is 9.87. The van der Waals surface area contributed by atoms with E-state index in [0.29, 0.717) is 6.42 Å². The summed E-state index contributed by atoms with van der Waals surface area (Å²) in [6.07, 6.45) is -2.50. The normalized spacial score (nSPS) is 34.4. The fourth-order valence-electron chi connectivity index (χ4n) is 2.64. The smallest absolute Gasteiger partial charge is 0.374 e. The average molecular weight is 265 g/mol. The number of carbonyl (C=O) groups is 1. The molecule has 3 nitrogen and oxygen atoms in total. The molecule has 4 atom stereocenters. The molecule has 2 saturated heterocycles. The van der Waals surface area contributed by atoms with Gasteiger partial charge in [-0.3, -0.25) is 4.79 Å². The topological polar surface area (TPSA) is 38.3 Å². The van der Waals surface area contributed by atoms with Crippen molar-refractivity contribution in [3.05, 3.63) is 0 Å². The molecule has 1 N–H and O–H groups in total. The van der Waals surface area contributed by atoms with E-state index in [1.807, 2.05) is 0 Å². The predicted molar refractivity (Wildman–Crippen MR) is 58.9 cm³/mol. The van der Waals surface area contributed by atoms with Crippen LogP contribution in [-0.4, -0.2) is 29.8 Å². The van der Waals surface area contributed by atoms with Crippen molar-refractivity contribution in [3.63, 3.8) is 0 Å². The SMILES string of the molecule is CCC(C)(NC(=O)C1CC2CCC1O2)C(F)(F)F. The molecule has 2 aliphatic rings. The zero-order valence-electron chi connectivity index (χ0n) is 10.5. The summed E-state index contributed by atoms with van der Waals surface area (Å²) in [6.45, 7) is 2.45. The molecule has 0 saturated carbocycles. The molecular formula is C12H18F3NO2. The minimum absolute atomic E-state index is 0.0597. The van der Waals surface area contributed by atoms with Crippen LogP contribution in [0, 0.1) is 5.92 Å². The minimum atomic E-state index is -4.43. The van der Waals surface area contributed by atoms with E-state index in [1.54, 1.807) is 0 Å². The molecular weight excluding hydrogens is 247 g/mol. The number of halogens is 3. The number of carbonyl (C=O) groups excluding carboxylic acids is 1. The monoisotopic (exact) mass is 265 g/mol. The highest BCUT2D eigenvalue weighted by molar-refractivity contribution is 5.80. The lowest BCUT2D eigenvalue weighted by Crippen LogP contribution is -2.58. The van der Waals surface area contributed by atoms with Gasteiger partial charge in [0.25, 0.3) is 0 Å². The van der Waals surface area contributed by atoms with Crippen LogP contribution in [0.2, 0.25) is 0 Å². The number of ether oxygens (including phenoxy) is 1. The van der Waals surface area contributed by atoms with E-state index < -0.39 is 23.5 Å². The van der Waals surface area contributed by atoms with Crippen molar-refractivity contribution in [1.29, 1.82) is 0 Å². The van der Waals surface area contributed by atoms with E-state index in [0.717, 1.165) is 19.8 Å². The highest BCUT2D eigenvalue weighted by atomic mass is 19.4. The third-order valence-electron chi connectivity index (χ3n) is 4.17. The second-order valence-electron chi connectivity index (χ2n) is 5.39. The molecule has 0 spiro atoms. The van der Waals surface area contributed by atoms with E-state index in [4.69, 9.17) is 4.74 Å². The number of rotatable bonds is 3. The molecule has 0 radical (unpaired) electrons. The van der Waals surface area contributed by atoms with Crippen LogP contribution < -0.4 is 5.32 Å². The van der Waals surface area contributed by atoms with Crippen LogP contribution in [0.15, 0.2) is 0 Å².